The van der Waals surface area contributed by atoms with Gasteiger partial charge in [0.2, 0.25) is 5.91 Å². The molecule has 0 spiro atoms. The molecule has 20 heavy (non-hydrogen) atoms. The molecule has 1 rings (SSSR count). The van der Waals surface area contributed by atoms with E-state index in [2.05, 4.69) is 10.6 Å². The van der Waals surface area contributed by atoms with Crippen LogP contribution in [0.4, 0.5) is 4.79 Å². The number of hydrogen-bond donors (Lipinski definition) is 3. The number of nitrogens with zero attached hydrogens (tertiary/aromatic N) is 1. The number of nitrogens with one attached hydrogen (secondary N) is 2. The highest BCUT2D eigenvalue weighted by Gasteiger charge is 2.33. The lowest BCUT2D eigenvalue weighted by Gasteiger charge is -2.21. The summed E-state index contributed by atoms with van der Waals surface area (Å²) in [6.07, 6.45) is 1.31. The number of ether oxygens (including phenoxy) is 1. The Morgan fingerprint density at radius 3 is 2.70 bits per heavy atom. The first-order valence-corrected chi connectivity index (χ1v) is 6.59. The predicted molar refractivity (Wildman–Crippen MR) is 70.3 cm³/mol. The lowest BCUT2D eigenvalue weighted by atomic mass is 10.2. The number of likely N-dealkylation sites (tertiary alicyclic amines) is 1. The molecule has 8 nitrogen and oxygen atoms in total. The molecule has 3 N–H and O–H groups in total. The minimum Gasteiger partial charge on any atom is -0.480 e. The number of methoxy groups -OCH3 is 1. The molecule has 1 heterocycles. The fraction of sp³-hybridized carbons (Fsp3) is 0.750. The van der Waals surface area contributed by atoms with Crippen molar-refractivity contribution < 1.29 is 24.2 Å². The third-order valence-electron chi connectivity index (χ3n) is 3.06. The van der Waals surface area contributed by atoms with Gasteiger partial charge in [0.25, 0.3) is 0 Å². The Bertz CT molecular complexity index is 361. The zero-order valence-corrected chi connectivity index (χ0v) is 11.6. The Balaban J connectivity index is 2.23. The molecule has 0 saturated carbocycles. The first-order valence-electron chi connectivity index (χ1n) is 6.59. The van der Waals surface area contributed by atoms with E-state index in [-0.39, 0.29) is 18.9 Å². The van der Waals surface area contributed by atoms with Crippen LogP contribution in [0.5, 0.6) is 0 Å². The van der Waals surface area contributed by atoms with Crippen LogP contribution in [0.2, 0.25) is 0 Å². The summed E-state index contributed by atoms with van der Waals surface area (Å²) in [6.45, 7) is 1.48. The molecular weight excluding hydrogens is 266 g/mol. The predicted octanol–water partition coefficient (Wildman–Crippen LogP) is -0.602. The molecule has 1 fully saturated rings. The van der Waals surface area contributed by atoms with Gasteiger partial charge < -0.3 is 25.4 Å². The first-order chi connectivity index (χ1) is 9.56. The molecule has 1 atom stereocenters. The lowest BCUT2D eigenvalue weighted by Crippen LogP contribution is -2.46. The van der Waals surface area contributed by atoms with E-state index in [0.29, 0.717) is 32.5 Å². The van der Waals surface area contributed by atoms with E-state index in [4.69, 9.17) is 9.84 Å². The van der Waals surface area contributed by atoms with E-state index in [1.54, 1.807) is 7.11 Å². The van der Waals surface area contributed by atoms with E-state index in [9.17, 15) is 14.4 Å². The lowest BCUT2D eigenvalue weighted by molar-refractivity contribution is -0.141. The second-order valence-electron chi connectivity index (χ2n) is 4.51. The van der Waals surface area contributed by atoms with Crippen LogP contribution >= 0.6 is 0 Å². The maximum Gasteiger partial charge on any atom is 0.326 e. The number of carboxylic acids is 1. The third kappa shape index (κ3) is 5.04. The Morgan fingerprint density at radius 2 is 2.05 bits per heavy atom. The zero-order valence-electron chi connectivity index (χ0n) is 11.6. The molecule has 0 aromatic heterocycles. The number of urea groups is 1. The third-order valence-corrected chi connectivity index (χ3v) is 3.06. The Kier molecular flexibility index (Phi) is 6.78. The highest BCUT2D eigenvalue weighted by molar-refractivity contribution is 5.83. The van der Waals surface area contributed by atoms with Crippen molar-refractivity contribution in [2.45, 2.75) is 25.3 Å². The maximum atomic E-state index is 11.8. The Hall–Kier alpha value is -1.83. The number of carbonyl (C=O) groups is 3. The van der Waals surface area contributed by atoms with Gasteiger partial charge in [-0.3, -0.25) is 4.79 Å². The van der Waals surface area contributed by atoms with Crippen molar-refractivity contribution in [3.63, 3.8) is 0 Å². The molecule has 1 saturated heterocycles. The van der Waals surface area contributed by atoms with Crippen molar-refractivity contribution in [2.24, 2.45) is 0 Å². The summed E-state index contributed by atoms with van der Waals surface area (Å²) >= 11 is 0. The summed E-state index contributed by atoms with van der Waals surface area (Å²) in [5, 5.41) is 14.2. The number of carboxylic acid groups (broad SMARTS) is 1. The van der Waals surface area contributed by atoms with Gasteiger partial charge in [0, 0.05) is 33.2 Å². The molecule has 1 aliphatic heterocycles. The molecular formula is C12H21N3O5. The number of carbonyl (C=O) groups excluding carboxylic acids is 2. The fourth-order valence-electron chi connectivity index (χ4n) is 2.03. The molecule has 0 bridgehead atoms. The number of aliphatic carboxylic acids is 1. The van der Waals surface area contributed by atoms with Crippen molar-refractivity contribution >= 4 is 17.9 Å². The monoisotopic (exact) mass is 287 g/mol. The van der Waals surface area contributed by atoms with Gasteiger partial charge in [-0.25, -0.2) is 9.59 Å². The van der Waals surface area contributed by atoms with E-state index in [0.717, 1.165) is 0 Å². The minimum atomic E-state index is -0.991. The summed E-state index contributed by atoms with van der Waals surface area (Å²) in [6, 6.07) is -1.19. The van der Waals surface area contributed by atoms with Crippen LogP contribution in [-0.4, -0.2) is 67.3 Å². The second kappa shape index (κ2) is 8.36. The molecule has 0 aromatic carbocycles. The molecule has 114 valence electrons. The van der Waals surface area contributed by atoms with Crippen molar-refractivity contribution in [2.75, 3.05) is 33.4 Å². The van der Waals surface area contributed by atoms with Crippen molar-refractivity contribution in [3.8, 4) is 0 Å². The maximum absolute atomic E-state index is 11.8. The van der Waals surface area contributed by atoms with Crippen LogP contribution in [0.25, 0.3) is 0 Å². The van der Waals surface area contributed by atoms with Crippen LogP contribution in [0.1, 0.15) is 19.3 Å². The van der Waals surface area contributed by atoms with Gasteiger partial charge in [0.15, 0.2) is 0 Å². The summed E-state index contributed by atoms with van der Waals surface area (Å²) in [7, 11) is 1.54. The summed E-state index contributed by atoms with van der Waals surface area (Å²) in [4.78, 5) is 35.4. The highest BCUT2D eigenvalue weighted by Crippen LogP contribution is 2.17. The number of hydrogen-bond acceptors (Lipinski definition) is 4. The standard InChI is InChI=1S/C12H21N3O5/c1-20-8-6-13-10(16)4-5-14-12(19)15-7-2-3-9(15)11(17)18/h9H,2-8H2,1H3,(H,13,16)(H,14,19)(H,17,18). The van der Waals surface area contributed by atoms with Gasteiger partial charge in [0.1, 0.15) is 6.04 Å². The summed E-state index contributed by atoms with van der Waals surface area (Å²) < 4.78 is 4.79. The van der Waals surface area contributed by atoms with Crippen LogP contribution < -0.4 is 10.6 Å². The molecule has 1 aliphatic rings. The second-order valence-corrected chi connectivity index (χ2v) is 4.51. The van der Waals surface area contributed by atoms with Crippen LogP contribution in [0.15, 0.2) is 0 Å². The fourth-order valence-corrected chi connectivity index (χ4v) is 2.03. The van der Waals surface area contributed by atoms with E-state index in [1.165, 1.54) is 4.90 Å². The topological polar surface area (TPSA) is 108 Å². The van der Waals surface area contributed by atoms with Crippen LogP contribution in [-0.2, 0) is 14.3 Å². The molecule has 0 aromatic rings. The molecule has 0 radical (unpaired) electrons. The largest absolute Gasteiger partial charge is 0.480 e. The SMILES string of the molecule is COCCNC(=O)CCNC(=O)N1CCCC1C(=O)O. The average Bonchev–Trinajstić information content (AvgIpc) is 2.88. The minimum absolute atomic E-state index is 0.154. The highest BCUT2D eigenvalue weighted by atomic mass is 16.5. The van der Waals surface area contributed by atoms with E-state index < -0.39 is 18.0 Å². The van der Waals surface area contributed by atoms with Crippen molar-refractivity contribution in [1.82, 2.24) is 15.5 Å². The van der Waals surface area contributed by atoms with E-state index >= 15 is 0 Å². The normalized spacial score (nSPS) is 17.9. The number of amides is 3. The van der Waals surface area contributed by atoms with Crippen LogP contribution in [0.3, 0.4) is 0 Å². The van der Waals surface area contributed by atoms with Gasteiger partial charge in [-0.05, 0) is 12.8 Å². The Labute approximate surface area is 117 Å². The molecule has 8 heteroatoms. The average molecular weight is 287 g/mol. The molecule has 0 aliphatic carbocycles. The van der Waals surface area contributed by atoms with Crippen molar-refractivity contribution in [3.05, 3.63) is 0 Å². The molecule has 1 unspecified atom stereocenters. The van der Waals surface area contributed by atoms with Crippen LogP contribution in [0, 0.1) is 0 Å². The van der Waals surface area contributed by atoms with Gasteiger partial charge in [-0.15, -0.1) is 0 Å². The van der Waals surface area contributed by atoms with Gasteiger partial charge in [0.05, 0.1) is 6.61 Å². The Morgan fingerprint density at radius 1 is 1.30 bits per heavy atom. The zero-order chi connectivity index (χ0) is 15.0. The smallest absolute Gasteiger partial charge is 0.326 e. The number of rotatable bonds is 7. The quantitative estimate of drug-likeness (QED) is 0.542. The summed E-state index contributed by atoms with van der Waals surface area (Å²) in [5.74, 6) is -1.17. The first kappa shape index (κ1) is 16.2. The molecule has 3 amide bonds. The summed E-state index contributed by atoms with van der Waals surface area (Å²) in [5.41, 5.74) is 0. The van der Waals surface area contributed by atoms with E-state index in [1.807, 2.05) is 0 Å². The van der Waals surface area contributed by atoms with Gasteiger partial charge in [-0.1, -0.05) is 0 Å². The van der Waals surface area contributed by atoms with Crippen molar-refractivity contribution in [1.29, 1.82) is 0 Å². The van der Waals surface area contributed by atoms with Gasteiger partial charge in [-0.2, -0.15) is 0 Å². The van der Waals surface area contributed by atoms with Gasteiger partial charge >= 0.3 is 12.0 Å².